The third-order valence-electron chi connectivity index (χ3n) is 4.88. The van der Waals surface area contributed by atoms with Crippen molar-refractivity contribution in [2.45, 2.75) is 30.4 Å². The van der Waals surface area contributed by atoms with E-state index in [-0.39, 0.29) is 23.7 Å². The molecule has 2 amide bonds. The maximum Gasteiger partial charge on any atom is 0.251 e. The number of nitrogens with one attached hydrogen (secondary N) is 2. The highest BCUT2D eigenvalue weighted by Gasteiger charge is 2.16. The Kier molecular flexibility index (Phi) is 7.11. The van der Waals surface area contributed by atoms with Crippen molar-refractivity contribution in [3.8, 4) is 0 Å². The maximum absolute atomic E-state index is 12.2. The Morgan fingerprint density at radius 1 is 1.13 bits per heavy atom. The van der Waals surface area contributed by atoms with Gasteiger partial charge in [0.25, 0.3) is 5.91 Å². The van der Waals surface area contributed by atoms with Crippen LogP contribution in [0.5, 0.6) is 0 Å². The van der Waals surface area contributed by atoms with Gasteiger partial charge in [-0.3, -0.25) is 9.59 Å². The summed E-state index contributed by atoms with van der Waals surface area (Å²) < 4.78 is 7.17. The summed E-state index contributed by atoms with van der Waals surface area (Å²) in [6, 6.07) is 12.7. The number of fused-ring (bicyclic) bond motifs is 1. The van der Waals surface area contributed by atoms with Gasteiger partial charge in [-0.2, -0.15) is 9.61 Å². The number of ether oxygens (including phenoxy) is 1. The number of hydrogen-bond donors (Lipinski definition) is 2. The predicted octanol–water partition coefficient (Wildman–Crippen LogP) is 1.48. The average molecular weight is 441 g/mol. The molecule has 1 atom stereocenters. The molecule has 9 nitrogen and oxygen atoms in total. The van der Waals surface area contributed by atoms with E-state index in [9.17, 15) is 9.59 Å². The molecule has 0 bridgehead atoms. The molecule has 162 valence electrons. The van der Waals surface area contributed by atoms with Gasteiger partial charge in [-0.25, -0.2) is 0 Å². The van der Waals surface area contributed by atoms with E-state index in [4.69, 9.17) is 4.74 Å². The van der Waals surface area contributed by atoms with Crippen LogP contribution in [-0.2, 0) is 16.0 Å². The van der Waals surface area contributed by atoms with E-state index in [1.54, 1.807) is 16.6 Å². The first-order chi connectivity index (χ1) is 15.2. The first kappa shape index (κ1) is 21.3. The molecule has 0 spiro atoms. The number of carbonyl (C=O) groups excluding carboxylic acids is 2. The lowest BCUT2D eigenvalue weighted by atomic mass is 10.2. The van der Waals surface area contributed by atoms with Gasteiger partial charge in [0.1, 0.15) is 5.03 Å². The largest absolute Gasteiger partial charge is 0.376 e. The fourth-order valence-corrected chi connectivity index (χ4v) is 3.94. The third-order valence-corrected chi connectivity index (χ3v) is 5.80. The van der Waals surface area contributed by atoms with E-state index in [0.29, 0.717) is 41.6 Å². The summed E-state index contributed by atoms with van der Waals surface area (Å²) in [7, 11) is 0. The van der Waals surface area contributed by atoms with Crippen LogP contribution in [0.25, 0.3) is 5.65 Å². The topological polar surface area (TPSA) is 111 Å². The van der Waals surface area contributed by atoms with Crippen LogP contribution in [-0.4, -0.2) is 63.2 Å². The Balaban J connectivity index is 1.28. The summed E-state index contributed by atoms with van der Waals surface area (Å²) in [5.41, 5.74) is 1.24. The SMILES string of the molecule is O=C(CSc1ccc2nnc(CCNC(=O)c3ccccc3)n2n1)NC[C@H]1CCCO1. The minimum absolute atomic E-state index is 0.0463. The summed E-state index contributed by atoms with van der Waals surface area (Å²) in [6.07, 6.45) is 2.66. The molecule has 1 saturated heterocycles. The monoisotopic (exact) mass is 440 g/mol. The lowest BCUT2D eigenvalue weighted by Gasteiger charge is -2.10. The number of rotatable bonds is 9. The zero-order valence-electron chi connectivity index (χ0n) is 17.0. The van der Waals surface area contributed by atoms with Gasteiger partial charge in [0.2, 0.25) is 5.91 Å². The standard InChI is InChI=1S/C21H24N6O3S/c28-19(23-13-16-7-4-12-30-16)14-31-20-9-8-17-24-25-18(27(17)26-20)10-11-22-21(29)15-5-2-1-3-6-15/h1-3,5-6,8-9,16H,4,7,10-14H2,(H,22,29)(H,23,28)/t16-/m1/s1. The summed E-state index contributed by atoms with van der Waals surface area (Å²) in [4.78, 5) is 24.2. The summed E-state index contributed by atoms with van der Waals surface area (Å²) in [5, 5.41) is 19.3. The van der Waals surface area contributed by atoms with Crippen LogP contribution in [0.2, 0.25) is 0 Å². The summed E-state index contributed by atoms with van der Waals surface area (Å²) in [5.74, 6) is 0.742. The number of carbonyl (C=O) groups is 2. The van der Waals surface area contributed by atoms with Gasteiger partial charge in [0.15, 0.2) is 11.5 Å². The molecule has 1 fully saturated rings. The van der Waals surface area contributed by atoms with Gasteiger partial charge in [0.05, 0.1) is 11.9 Å². The van der Waals surface area contributed by atoms with Crippen molar-refractivity contribution in [2.24, 2.45) is 0 Å². The fraction of sp³-hybridized carbons (Fsp3) is 0.381. The van der Waals surface area contributed by atoms with E-state index in [2.05, 4.69) is 25.9 Å². The van der Waals surface area contributed by atoms with Crippen molar-refractivity contribution >= 4 is 29.2 Å². The van der Waals surface area contributed by atoms with E-state index in [0.717, 1.165) is 19.4 Å². The van der Waals surface area contributed by atoms with Crippen molar-refractivity contribution in [1.29, 1.82) is 0 Å². The highest BCUT2D eigenvalue weighted by atomic mass is 32.2. The number of benzene rings is 1. The second-order valence-corrected chi connectivity index (χ2v) is 8.15. The van der Waals surface area contributed by atoms with E-state index < -0.39 is 0 Å². The van der Waals surface area contributed by atoms with Crippen molar-refractivity contribution in [3.63, 3.8) is 0 Å². The number of hydrogen-bond acceptors (Lipinski definition) is 7. The van der Waals surface area contributed by atoms with Crippen LogP contribution in [0.4, 0.5) is 0 Å². The molecule has 1 aliphatic heterocycles. The maximum atomic E-state index is 12.2. The van der Waals surface area contributed by atoms with Crippen molar-refractivity contribution < 1.29 is 14.3 Å². The first-order valence-corrected chi connectivity index (χ1v) is 11.2. The van der Waals surface area contributed by atoms with Crippen LogP contribution < -0.4 is 10.6 Å². The highest BCUT2D eigenvalue weighted by molar-refractivity contribution is 7.99. The van der Waals surface area contributed by atoms with Crippen LogP contribution >= 0.6 is 11.8 Å². The lowest BCUT2D eigenvalue weighted by Crippen LogP contribution is -2.32. The molecule has 0 radical (unpaired) electrons. The van der Waals surface area contributed by atoms with Crippen molar-refractivity contribution in [3.05, 3.63) is 53.9 Å². The molecular weight excluding hydrogens is 416 g/mol. The molecule has 0 saturated carbocycles. The van der Waals surface area contributed by atoms with Crippen LogP contribution in [0.1, 0.15) is 29.0 Å². The number of amides is 2. The molecular formula is C21H24N6O3S. The van der Waals surface area contributed by atoms with E-state index >= 15 is 0 Å². The van der Waals surface area contributed by atoms with Gasteiger partial charge in [-0.15, -0.1) is 10.2 Å². The molecule has 10 heteroatoms. The Bertz CT molecular complexity index is 1040. The van der Waals surface area contributed by atoms with E-state index in [1.165, 1.54) is 11.8 Å². The highest BCUT2D eigenvalue weighted by Crippen LogP contribution is 2.16. The molecule has 0 aliphatic carbocycles. The Labute approximate surface area is 184 Å². The molecule has 4 rings (SSSR count). The second-order valence-electron chi connectivity index (χ2n) is 7.16. The molecule has 3 aromatic rings. The Hall–Kier alpha value is -2.98. The average Bonchev–Trinajstić information content (AvgIpc) is 3.47. The van der Waals surface area contributed by atoms with Crippen LogP contribution in [0.3, 0.4) is 0 Å². The molecule has 1 aliphatic rings. The van der Waals surface area contributed by atoms with Crippen molar-refractivity contribution in [1.82, 2.24) is 30.4 Å². The van der Waals surface area contributed by atoms with Gasteiger partial charge in [0, 0.05) is 31.7 Å². The fourth-order valence-electron chi connectivity index (χ4n) is 3.25. The first-order valence-electron chi connectivity index (χ1n) is 10.2. The number of thioether (sulfide) groups is 1. The Morgan fingerprint density at radius 3 is 2.81 bits per heavy atom. The number of nitrogens with zero attached hydrogens (tertiary/aromatic N) is 4. The second kappa shape index (κ2) is 10.4. The third kappa shape index (κ3) is 5.80. The molecule has 2 N–H and O–H groups in total. The zero-order valence-corrected chi connectivity index (χ0v) is 17.8. The van der Waals surface area contributed by atoms with Gasteiger partial charge in [-0.05, 0) is 37.1 Å². The molecule has 1 aromatic carbocycles. The van der Waals surface area contributed by atoms with Gasteiger partial charge < -0.3 is 15.4 Å². The van der Waals surface area contributed by atoms with Crippen molar-refractivity contribution in [2.75, 3.05) is 25.4 Å². The molecule has 0 unspecified atom stereocenters. The minimum Gasteiger partial charge on any atom is -0.376 e. The van der Waals surface area contributed by atoms with E-state index in [1.807, 2.05) is 30.3 Å². The normalized spacial score (nSPS) is 15.8. The predicted molar refractivity (Wildman–Crippen MR) is 116 cm³/mol. The van der Waals surface area contributed by atoms with Crippen LogP contribution in [0.15, 0.2) is 47.5 Å². The van der Waals surface area contributed by atoms with Crippen LogP contribution in [0, 0.1) is 0 Å². The summed E-state index contributed by atoms with van der Waals surface area (Å²) >= 11 is 1.35. The smallest absolute Gasteiger partial charge is 0.251 e. The lowest BCUT2D eigenvalue weighted by molar-refractivity contribution is -0.119. The van der Waals surface area contributed by atoms with Gasteiger partial charge >= 0.3 is 0 Å². The minimum atomic E-state index is -0.132. The Morgan fingerprint density at radius 2 is 2.00 bits per heavy atom. The zero-order chi connectivity index (χ0) is 21.5. The molecule has 31 heavy (non-hydrogen) atoms. The summed E-state index contributed by atoms with van der Waals surface area (Å²) in [6.45, 7) is 1.74. The van der Waals surface area contributed by atoms with Gasteiger partial charge in [-0.1, -0.05) is 30.0 Å². The molecule has 3 heterocycles. The molecule has 2 aromatic heterocycles. The number of aromatic nitrogens is 4. The quantitative estimate of drug-likeness (QED) is 0.485.